The minimum atomic E-state index is -1.05. The van der Waals surface area contributed by atoms with E-state index in [-0.39, 0.29) is 22.3 Å². The van der Waals surface area contributed by atoms with Gasteiger partial charge in [0.15, 0.2) is 0 Å². The second kappa shape index (κ2) is 11.3. The van der Waals surface area contributed by atoms with Gasteiger partial charge in [0.2, 0.25) is 0 Å². The molecule has 0 atom stereocenters. The summed E-state index contributed by atoms with van der Waals surface area (Å²) < 4.78 is 1.79. The lowest BCUT2D eigenvalue weighted by molar-refractivity contribution is 0.0686. The summed E-state index contributed by atoms with van der Waals surface area (Å²) in [7, 11) is 0. The predicted molar refractivity (Wildman–Crippen MR) is 169 cm³/mol. The van der Waals surface area contributed by atoms with Crippen LogP contribution >= 0.6 is 22.7 Å². The number of carboxylic acid groups (broad SMARTS) is 4. The average molecular weight is 621 g/mol. The van der Waals surface area contributed by atoms with Crippen LogP contribution in [0, 0.1) is 0 Å². The van der Waals surface area contributed by atoms with E-state index in [1.807, 2.05) is 0 Å². The minimum Gasteiger partial charge on any atom is -0.478 e. The first-order valence-electron chi connectivity index (χ1n) is 13.1. The van der Waals surface area contributed by atoms with E-state index in [9.17, 15) is 39.6 Å². The highest BCUT2D eigenvalue weighted by Crippen LogP contribution is 2.55. The molecule has 0 saturated heterocycles. The molecule has 0 aliphatic rings. The van der Waals surface area contributed by atoms with Gasteiger partial charge in [-0.1, -0.05) is 48.5 Å². The van der Waals surface area contributed by atoms with Crippen molar-refractivity contribution in [3.63, 3.8) is 0 Å². The molecule has 216 valence electrons. The molecule has 0 bridgehead atoms. The average Bonchev–Trinajstić information content (AvgIpc) is 3.57. The van der Waals surface area contributed by atoms with Gasteiger partial charge in [0, 0.05) is 20.9 Å². The molecule has 8 nitrogen and oxygen atoms in total. The van der Waals surface area contributed by atoms with Gasteiger partial charge < -0.3 is 20.4 Å². The van der Waals surface area contributed by atoms with Crippen LogP contribution < -0.4 is 0 Å². The monoisotopic (exact) mass is 620 g/mol. The van der Waals surface area contributed by atoms with Crippen molar-refractivity contribution in [1.82, 2.24) is 0 Å². The molecule has 4 aromatic carbocycles. The molecule has 6 rings (SSSR count). The van der Waals surface area contributed by atoms with Crippen molar-refractivity contribution in [3.8, 4) is 43.1 Å². The molecule has 10 heteroatoms. The zero-order valence-electron chi connectivity index (χ0n) is 22.5. The summed E-state index contributed by atoms with van der Waals surface area (Å²) in [6.45, 7) is 0. The van der Waals surface area contributed by atoms with Crippen molar-refractivity contribution in [3.05, 3.63) is 119 Å². The SMILES string of the molecule is O=C(O)c1ccc(-c2sc3c(-c4ccc(C(=O)O)cc4)c(-c4ccc(C(=O)O)cc4)sc3c2-c2ccc(C(=O)O)cc2)cc1. The molecule has 44 heavy (non-hydrogen) atoms. The Kier molecular flexibility index (Phi) is 7.30. The van der Waals surface area contributed by atoms with Gasteiger partial charge in [-0.3, -0.25) is 0 Å². The fourth-order valence-corrected chi connectivity index (χ4v) is 7.93. The van der Waals surface area contributed by atoms with Crippen LogP contribution in [0.4, 0.5) is 0 Å². The number of benzene rings is 4. The molecular weight excluding hydrogens is 601 g/mol. The third-order valence-corrected chi connectivity index (χ3v) is 9.79. The summed E-state index contributed by atoms with van der Waals surface area (Å²) in [5.74, 6) is -4.18. The van der Waals surface area contributed by atoms with Crippen molar-refractivity contribution in [2.45, 2.75) is 0 Å². The summed E-state index contributed by atoms with van der Waals surface area (Å²) in [5, 5.41) is 37.8. The second-order valence-electron chi connectivity index (χ2n) is 9.80. The van der Waals surface area contributed by atoms with Gasteiger partial charge in [-0.2, -0.15) is 0 Å². The third kappa shape index (κ3) is 5.13. The maximum atomic E-state index is 11.6. The molecule has 0 unspecified atom stereocenters. The molecule has 0 spiro atoms. The Morgan fingerprint density at radius 1 is 0.364 bits per heavy atom. The highest BCUT2D eigenvalue weighted by Gasteiger charge is 2.25. The van der Waals surface area contributed by atoms with E-state index >= 15 is 0 Å². The Morgan fingerprint density at radius 3 is 0.818 bits per heavy atom. The molecule has 0 aliphatic carbocycles. The van der Waals surface area contributed by atoms with Crippen LogP contribution in [-0.4, -0.2) is 44.3 Å². The lowest BCUT2D eigenvalue weighted by Crippen LogP contribution is -1.95. The van der Waals surface area contributed by atoms with E-state index < -0.39 is 23.9 Å². The Bertz CT molecular complexity index is 1930. The Morgan fingerprint density at radius 2 is 0.591 bits per heavy atom. The van der Waals surface area contributed by atoms with Crippen LogP contribution in [0.15, 0.2) is 97.1 Å². The fraction of sp³-hybridized carbons (Fsp3) is 0. The molecule has 0 radical (unpaired) electrons. The van der Waals surface area contributed by atoms with Crippen molar-refractivity contribution >= 4 is 56.0 Å². The van der Waals surface area contributed by atoms with E-state index in [0.717, 1.165) is 52.5 Å². The molecule has 6 aromatic rings. The molecule has 0 fully saturated rings. The molecule has 2 aromatic heterocycles. The van der Waals surface area contributed by atoms with Crippen LogP contribution in [-0.2, 0) is 0 Å². The molecule has 0 saturated carbocycles. The maximum absolute atomic E-state index is 11.6. The van der Waals surface area contributed by atoms with Gasteiger partial charge in [-0.15, -0.1) is 22.7 Å². The Balaban J connectivity index is 1.65. The van der Waals surface area contributed by atoms with Crippen LogP contribution in [0.25, 0.3) is 52.5 Å². The summed E-state index contributed by atoms with van der Waals surface area (Å²) in [4.78, 5) is 47.8. The molecule has 0 aliphatic heterocycles. The zero-order valence-corrected chi connectivity index (χ0v) is 24.1. The summed E-state index contributed by atoms with van der Waals surface area (Å²) >= 11 is 2.98. The van der Waals surface area contributed by atoms with E-state index in [1.54, 1.807) is 48.5 Å². The van der Waals surface area contributed by atoms with Crippen LogP contribution in [0.1, 0.15) is 41.4 Å². The Labute approximate surface area is 257 Å². The van der Waals surface area contributed by atoms with Crippen molar-refractivity contribution < 1.29 is 39.6 Å². The summed E-state index contributed by atoms with van der Waals surface area (Å²) in [5.41, 5.74) is 5.32. The number of fused-ring (bicyclic) bond motifs is 1. The Hall–Kier alpha value is -5.58. The van der Waals surface area contributed by atoms with Gasteiger partial charge in [-0.25, -0.2) is 19.2 Å². The van der Waals surface area contributed by atoms with Gasteiger partial charge in [0.05, 0.1) is 31.7 Å². The zero-order chi connectivity index (χ0) is 31.1. The first-order chi connectivity index (χ1) is 21.1. The first-order valence-corrected chi connectivity index (χ1v) is 14.7. The van der Waals surface area contributed by atoms with Crippen molar-refractivity contribution in [2.24, 2.45) is 0 Å². The topological polar surface area (TPSA) is 149 Å². The fourth-order valence-electron chi connectivity index (χ4n) is 4.95. The van der Waals surface area contributed by atoms with Crippen molar-refractivity contribution in [2.75, 3.05) is 0 Å². The number of hydrogen-bond acceptors (Lipinski definition) is 6. The van der Waals surface area contributed by atoms with Gasteiger partial charge in [-0.05, 0) is 70.8 Å². The highest BCUT2D eigenvalue weighted by atomic mass is 32.1. The van der Waals surface area contributed by atoms with Gasteiger partial charge in [0.1, 0.15) is 0 Å². The molecular formula is C34H20O8S2. The number of carbonyl (C=O) groups is 4. The maximum Gasteiger partial charge on any atom is 0.335 e. The summed E-state index contributed by atoms with van der Waals surface area (Å²) in [6, 6.07) is 26.2. The van der Waals surface area contributed by atoms with Crippen LogP contribution in [0.2, 0.25) is 0 Å². The van der Waals surface area contributed by atoms with E-state index in [2.05, 4.69) is 0 Å². The van der Waals surface area contributed by atoms with Crippen molar-refractivity contribution in [1.29, 1.82) is 0 Å². The van der Waals surface area contributed by atoms with E-state index in [0.29, 0.717) is 0 Å². The van der Waals surface area contributed by atoms with Crippen LogP contribution in [0.5, 0.6) is 0 Å². The lowest BCUT2D eigenvalue weighted by Gasteiger charge is -2.08. The van der Waals surface area contributed by atoms with Crippen LogP contribution in [0.3, 0.4) is 0 Å². The molecule has 2 heterocycles. The largest absolute Gasteiger partial charge is 0.478 e. The number of hydrogen-bond donors (Lipinski definition) is 4. The molecule has 4 N–H and O–H groups in total. The number of carboxylic acids is 4. The minimum absolute atomic E-state index is 0.136. The number of aromatic carboxylic acids is 4. The predicted octanol–water partition coefficient (Wildman–Crippen LogP) is 8.42. The van der Waals surface area contributed by atoms with E-state index in [1.165, 1.54) is 71.2 Å². The number of rotatable bonds is 8. The molecule has 0 amide bonds. The standard InChI is InChI=1S/C34H20O8S2/c35-31(36)21-9-1-17(2-10-21)25-27(19-5-13-23(14-6-19)33(39)40)43-30-26(18-3-11-22(12-4-18)32(37)38)28(44-29(25)30)20-7-15-24(16-8-20)34(41)42/h1-16H,(H,35,36)(H,37,38)(H,39,40)(H,41,42). The highest BCUT2D eigenvalue weighted by molar-refractivity contribution is 7.33. The smallest absolute Gasteiger partial charge is 0.335 e. The first kappa shape index (κ1) is 28.5. The quantitative estimate of drug-likeness (QED) is 0.132. The van der Waals surface area contributed by atoms with E-state index in [4.69, 9.17) is 0 Å². The lowest BCUT2D eigenvalue weighted by atomic mass is 9.98. The van der Waals surface area contributed by atoms with Gasteiger partial charge >= 0.3 is 23.9 Å². The second-order valence-corrected chi connectivity index (χ2v) is 11.8. The number of thiophene rings is 2. The third-order valence-electron chi connectivity index (χ3n) is 7.15. The van der Waals surface area contributed by atoms with Gasteiger partial charge in [0.25, 0.3) is 0 Å². The summed E-state index contributed by atoms with van der Waals surface area (Å²) in [6.07, 6.45) is 0. The normalized spacial score (nSPS) is 11.0.